The molecule has 1 aliphatic heterocycles. The molecular weight excluding hydrogens is 351 g/mol. The van der Waals surface area contributed by atoms with Crippen LogP contribution in [-0.2, 0) is 4.79 Å². The number of benzene rings is 1. The van der Waals surface area contributed by atoms with Crippen LogP contribution in [0, 0.1) is 0 Å². The van der Waals surface area contributed by atoms with Gasteiger partial charge in [-0.15, -0.1) is 0 Å². The normalized spacial score (nSPS) is 16.8. The summed E-state index contributed by atoms with van der Waals surface area (Å²) in [6.45, 7) is 2.42. The second kappa shape index (κ2) is 7.34. The summed E-state index contributed by atoms with van der Waals surface area (Å²) < 4.78 is 0. The fourth-order valence-electron chi connectivity index (χ4n) is 2.85. The Hall–Kier alpha value is -1.89. The summed E-state index contributed by atoms with van der Waals surface area (Å²) in [6, 6.07) is 6.01. The number of halogens is 2. The number of carboxylic acids is 1. The molecule has 126 valence electrons. The van der Waals surface area contributed by atoms with E-state index in [9.17, 15) is 9.90 Å². The Bertz CT molecular complexity index is 721. The van der Waals surface area contributed by atoms with Crippen LogP contribution in [0.4, 0.5) is 5.95 Å². The van der Waals surface area contributed by atoms with Gasteiger partial charge in [-0.3, -0.25) is 9.69 Å². The Balaban J connectivity index is 1.77. The van der Waals surface area contributed by atoms with Gasteiger partial charge < -0.3 is 10.0 Å². The Morgan fingerprint density at radius 3 is 2.38 bits per heavy atom. The average Bonchev–Trinajstić information content (AvgIpc) is 2.60. The van der Waals surface area contributed by atoms with Crippen molar-refractivity contribution in [3.63, 3.8) is 0 Å². The number of hydrogen-bond acceptors (Lipinski definition) is 5. The van der Waals surface area contributed by atoms with E-state index in [1.807, 2.05) is 9.80 Å². The molecule has 1 fully saturated rings. The molecule has 1 aliphatic rings. The summed E-state index contributed by atoms with van der Waals surface area (Å²) in [5.41, 5.74) is 0.515. The first-order valence-corrected chi connectivity index (χ1v) is 8.26. The number of hydrogen-bond donors (Lipinski definition) is 1. The number of aliphatic carboxylic acids is 1. The third-order valence-electron chi connectivity index (χ3n) is 4.02. The molecule has 1 saturated heterocycles. The fraction of sp³-hybridized carbons (Fsp3) is 0.312. The average molecular weight is 367 g/mol. The number of aromatic nitrogens is 2. The molecular formula is C16H16Cl2N4O2. The predicted octanol–water partition coefficient (Wildman–Crippen LogP) is 2.73. The summed E-state index contributed by atoms with van der Waals surface area (Å²) in [5.74, 6) is -0.284. The zero-order chi connectivity index (χ0) is 17.1. The zero-order valence-corrected chi connectivity index (χ0v) is 14.3. The molecule has 0 aliphatic carbocycles. The van der Waals surface area contributed by atoms with Gasteiger partial charge in [-0.2, -0.15) is 0 Å². The van der Waals surface area contributed by atoms with E-state index in [1.54, 1.807) is 36.7 Å². The first-order valence-electron chi connectivity index (χ1n) is 7.50. The van der Waals surface area contributed by atoms with Crippen molar-refractivity contribution in [2.45, 2.75) is 6.04 Å². The summed E-state index contributed by atoms with van der Waals surface area (Å²) in [7, 11) is 0. The summed E-state index contributed by atoms with van der Waals surface area (Å²) in [6.07, 6.45) is 3.39. The van der Waals surface area contributed by atoms with Crippen molar-refractivity contribution in [1.29, 1.82) is 0 Å². The van der Waals surface area contributed by atoms with E-state index in [2.05, 4.69) is 9.97 Å². The summed E-state index contributed by atoms with van der Waals surface area (Å²) in [5, 5.41) is 10.3. The lowest BCUT2D eigenvalue weighted by Gasteiger charge is -2.38. The highest BCUT2D eigenvalue weighted by atomic mass is 35.5. The number of carbonyl (C=O) groups is 1. The molecule has 0 saturated carbocycles. The second-order valence-corrected chi connectivity index (χ2v) is 6.24. The maximum absolute atomic E-state index is 11.8. The van der Waals surface area contributed by atoms with Crippen LogP contribution in [-0.4, -0.2) is 52.1 Å². The second-order valence-electron chi connectivity index (χ2n) is 5.46. The minimum atomic E-state index is -0.941. The van der Waals surface area contributed by atoms with E-state index in [0.717, 1.165) is 0 Å². The van der Waals surface area contributed by atoms with Crippen LogP contribution in [0.25, 0.3) is 0 Å². The smallest absolute Gasteiger partial charge is 0.325 e. The summed E-state index contributed by atoms with van der Waals surface area (Å²) >= 11 is 12.3. The van der Waals surface area contributed by atoms with E-state index in [1.165, 1.54) is 0 Å². The first-order chi connectivity index (χ1) is 11.6. The fourth-order valence-corrected chi connectivity index (χ4v) is 3.26. The number of rotatable bonds is 4. The van der Waals surface area contributed by atoms with Crippen LogP contribution in [0.15, 0.2) is 36.7 Å². The van der Waals surface area contributed by atoms with Gasteiger partial charge in [0.05, 0.1) is 10.0 Å². The molecule has 0 spiro atoms. The van der Waals surface area contributed by atoms with Crippen LogP contribution in [0.2, 0.25) is 10.0 Å². The van der Waals surface area contributed by atoms with Crippen LogP contribution in [0.5, 0.6) is 0 Å². The van der Waals surface area contributed by atoms with Gasteiger partial charge >= 0.3 is 5.97 Å². The largest absolute Gasteiger partial charge is 0.480 e. The van der Waals surface area contributed by atoms with Gasteiger partial charge in [-0.1, -0.05) is 35.3 Å². The van der Waals surface area contributed by atoms with Crippen molar-refractivity contribution in [3.05, 3.63) is 52.3 Å². The van der Waals surface area contributed by atoms with E-state index < -0.39 is 12.0 Å². The Labute approximate surface area is 149 Å². The van der Waals surface area contributed by atoms with Crippen molar-refractivity contribution >= 4 is 35.1 Å². The lowest BCUT2D eigenvalue weighted by molar-refractivity contribution is -0.143. The third-order valence-corrected chi connectivity index (χ3v) is 4.86. The van der Waals surface area contributed by atoms with Gasteiger partial charge in [0.15, 0.2) is 0 Å². The van der Waals surface area contributed by atoms with Gasteiger partial charge in [0.2, 0.25) is 5.95 Å². The summed E-state index contributed by atoms with van der Waals surface area (Å²) in [4.78, 5) is 24.2. The van der Waals surface area contributed by atoms with E-state index >= 15 is 0 Å². The van der Waals surface area contributed by atoms with E-state index in [4.69, 9.17) is 23.2 Å². The minimum absolute atomic E-state index is 0.292. The molecule has 1 aromatic heterocycles. The first kappa shape index (κ1) is 17.0. The molecule has 0 amide bonds. The highest BCUT2D eigenvalue weighted by Crippen LogP contribution is 2.33. The molecule has 2 aromatic rings. The molecule has 6 nitrogen and oxygen atoms in total. The van der Waals surface area contributed by atoms with Crippen LogP contribution in [0.3, 0.4) is 0 Å². The Morgan fingerprint density at radius 1 is 1.08 bits per heavy atom. The van der Waals surface area contributed by atoms with Crippen molar-refractivity contribution < 1.29 is 9.90 Å². The van der Waals surface area contributed by atoms with Gasteiger partial charge in [0, 0.05) is 44.1 Å². The number of nitrogens with zero attached hydrogens (tertiary/aromatic N) is 4. The number of anilines is 1. The third kappa shape index (κ3) is 3.45. The lowest BCUT2D eigenvalue weighted by Crippen LogP contribution is -2.49. The van der Waals surface area contributed by atoms with Crippen LogP contribution in [0.1, 0.15) is 11.6 Å². The molecule has 1 aromatic carbocycles. The molecule has 8 heteroatoms. The quantitative estimate of drug-likeness (QED) is 0.896. The van der Waals surface area contributed by atoms with E-state index in [0.29, 0.717) is 47.7 Å². The van der Waals surface area contributed by atoms with Crippen molar-refractivity contribution in [2.75, 3.05) is 31.1 Å². The maximum Gasteiger partial charge on any atom is 0.325 e. The Kier molecular flexibility index (Phi) is 5.18. The molecule has 0 radical (unpaired) electrons. The predicted molar refractivity (Wildman–Crippen MR) is 92.7 cm³/mol. The topological polar surface area (TPSA) is 69.6 Å². The minimum Gasteiger partial charge on any atom is -0.480 e. The standard InChI is InChI=1S/C16H16Cl2N4O2/c17-12-4-1-3-11(13(12)18)14(15(23)24)21-7-9-22(10-8-21)16-19-5-2-6-20-16/h1-6,14H,7-10H2,(H,23,24). The molecule has 1 N–H and O–H groups in total. The van der Waals surface area contributed by atoms with E-state index in [-0.39, 0.29) is 0 Å². The lowest BCUT2D eigenvalue weighted by atomic mass is 10.0. The van der Waals surface area contributed by atoms with Crippen molar-refractivity contribution in [2.24, 2.45) is 0 Å². The highest BCUT2D eigenvalue weighted by Gasteiger charge is 2.32. The van der Waals surface area contributed by atoms with Crippen molar-refractivity contribution in [1.82, 2.24) is 14.9 Å². The van der Waals surface area contributed by atoms with Crippen LogP contribution < -0.4 is 4.90 Å². The molecule has 1 atom stereocenters. The van der Waals surface area contributed by atoms with Gasteiger partial charge in [0.25, 0.3) is 0 Å². The molecule has 3 rings (SSSR count). The monoisotopic (exact) mass is 366 g/mol. The molecule has 1 unspecified atom stereocenters. The SMILES string of the molecule is O=C(O)C(c1cccc(Cl)c1Cl)N1CCN(c2ncccn2)CC1. The van der Waals surface area contributed by atoms with Gasteiger partial charge in [-0.25, -0.2) is 9.97 Å². The molecule has 2 heterocycles. The number of piperazine rings is 1. The molecule has 0 bridgehead atoms. The van der Waals surface area contributed by atoms with Crippen LogP contribution >= 0.6 is 23.2 Å². The zero-order valence-electron chi connectivity index (χ0n) is 12.8. The maximum atomic E-state index is 11.8. The van der Waals surface area contributed by atoms with Crippen molar-refractivity contribution in [3.8, 4) is 0 Å². The Morgan fingerprint density at radius 2 is 1.75 bits per heavy atom. The number of carboxylic acid groups (broad SMARTS) is 1. The molecule has 24 heavy (non-hydrogen) atoms. The van der Waals surface area contributed by atoms with Gasteiger partial charge in [-0.05, 0) is 12.1 Å². The highest BCUT2D eigenvalue weighted by molar-refractivity contribution is 6.42. The van der Waals surface area contributed by atoms with Gasteiger partial charge in [0.1, 0.15) is 6.04 Å².